The number of alkyl halides is 1. The van der Waals surface area contributed by atoms with Gasteiger partial charge >= 0.3 is 0 Å². The zero-order valence-corrected chi connectivity index (χ0v) is 11.3. The Morgan fingerprint density at radius 3 is 2.88 bits per heavy atom. The fourth-order valence-electron chi connectivity index (χ4n) is 1.33. The highest BCUT2D eigenvalue weighted by molar-refractivity contribution is 9.09. The number of H-pyrrole nitrogens is 1. The lowest BCUT2D eigenvalue weighted by molar-refractivity contribution is 0.347. The van der Waals surface area contributed by atoms with Crippen molar-refractivity contribution in [2.24, 2.45) is 0 Å². The molecule has 0 fully saturated rings. The summed E-state index contributed by atoms with van der Waals surface area (Å²) in [7, 11) is 1.57. The van der Waals surface area contributed by atoms with E-state index in [2.05, 4.69) is 26.1 Å². The van der Waals surface area contributed by atoms with Gasteiger partial charge in [0, 0.05) is 5.56 Å². The lowest BCUT2D eigenvalue weighted by Crippen LogP contribution is -1.93. The molecule has 17 heavy (non-hydrogen) atoms. The molecule has 0 radical (unpaired) electrons. The average Bonchev–Trinajstić information content (AvgIpc) is 2.77. The first kappa shape index (κ1) is 12.1. The smallest absolute Gasteiger partial charge is 0.284 e. The summed E-state index contributed by atoms with van der Waals surface area (Å²) in [5, 5.41) is 6.50. The van der Waals surface area contributed by atoms with Gasteiger partial charge in [0.15, 0.2) is 11.5 Å². The van der Waals surface area contributed by atoms with Crippen LogP contribution in [0, 0.1) is 4.84 Å². The van der Waals surface area contributed by atoms with Crippen LogP contribution in [0.2, 0.25) is 0 Å². The van der Waals surface area contributed by atoms with E-state index in [-0.39, 0.29) is 4.84 Å². The van der Waals surface area contributed by atoms with Crippen LogP contribution in [0.15, 0.2) is 22.6 Å². The molecule has 0 aliphatic carbocycles. The average molecular weight is 317 g/mol. The quantitative estimate of drug-likeness (QED) is 0.693. The summed E-state index contributed by atoms with van der Waals surface area (Å²) in [6.45, 7) is 0. The van der Waals surface area contributed by atoms with Gasteiger partial charge in [0.1, 0.15) is 5.52 Å². The van der Waals surface area contributed by atoms with Crippen molar-refractivity contribution in [1.82, 2.24) is 10.2 Å². The monoisotopic (exact) mass is 316 g/mol. The van der Waals surface area contributed by atoms with Crippen LogP contribution in [0.1, 0.15) is 0 Å². The maximum atomic E-state index is 5.34. The van der Waals surface area contributed by atoms with Gasteiger partial charge in [-0.15, -0.1) is 5.10 Å². The number of nitrogens with one attached hydrogen (secondary N) is 1. The Morgan fingerprint density at radius 1 is 1.47 bits per heavy atom. The number of halogens is 1. The van der Waals surface area contributed by atoms with Crippen molar-refractivity contribution >= 4 is 28.1 Å². The zero-order valence-electron chi connectivity index (χ0n) is 8.90. The molecule has 7 heteroatoms. The molecule has 1 N–H and O–H groups in total. The molecular formula is C10H9BrN2O3S. The van der Waals surface area contributed by atoms with E-state index in [1.54, 1.807) is 19.2 Å². The van der Waals surface area contributed by atoms with Crippen LogP contribution in [0.4, 0.5) is 0 Å². The molecule has 1 aromatic heterocycles. The number of methoxy groups -OCH3 is 1. The van der Waals surface area contributed by atoms with Crippen LogP contribution in [-0.4, -0.2) is 22.8 Å². The highest BCUT2D eigenvalue weighted by Gasteiger charge is 2.10. The lowest BCUT2D eigenvalue weighted by atomic mass is 10.2. The summed E-state index contributed by atoms with van der Waals surface area (Å²) >= 11 is 8.00. The van der Waals surface area contributed by atoms with E-state index in [1.807, 2.05) is 6.07 Å². The Labute approximate surface area is 111 Å². The lowest BCUT2D eigenvalue weighted by Gasteiger charge is -2.08. The van der Waals surface area contributed by atoms with Crippen LogP contribution in [0.5, 0.6) is 11.5 Å². The van der Waals surface area contributed by atoms with Crippen molar-refractivity contribution in [1.29, 1.82) is 0 Å². The molecule has 90 valence electrons. The van der Waals surface area contributed by atoms with Gasteiger partial charge in [-0.2, -0.15) is 0 Å². The fourth-order valence-corrected chi connectivity index (χ4v) is 1.70. The number of rotatable bonds is 4. The first-order valence-corrected chi connectivity index (χ1v) is 6.20. The fraction of sp³-hybridized carbons (Fsp3) is 0.200. The van der Waals surface area contributed by atoms with Gasteiger partial charge < -0.3 is 13.9 Å². The van der Waals surface area contributed by atoms with Crippen LogP contribution in [0.3, 0.4) is 0 Å². The largest absolute Gasteiger partial charge is 0.493 e. The van der Waals surface area contributed by atoms with Crippen molar-refractivity contribution in [3.05, 3.63) is 23.0 Å². The first-order chi connectivity index (χ1) is 8.24. The molecule has 0 amide bonds. The van der Waals surface area contributed by atoms with Crippen LogP contribution < -0.4 is 9.47 Å². The summed E-state index contributed by atoms with van der Waals surface area (Å²) in [5.74, 6) is 1.66. The molecule has 2 rings (SSSR count). The topological polar surface area (TPSA) is 60.3 Å². The third-order valence-corrected chi connectivity index (χ3v) is 2.46. The van der Waals surface area contributed by atoms with Gasteiger partial charge in [0.25, 0.3) is 4.84 Å². The minimum atomic E-state index is 0.236. The standard InChI is InChI=1S/C10H9BrN2O3S/c1-14-8-4-6(2-3-7(8)15-5-11)9-12-13-10(17)16-9/h2-4H,5H2,1H3,(H,13,17). The molecule has 1 aromatic carbocycles. The number of ether oxygens (including phenoxy) is 2. The Balaban J connectivity index is 2.40. The predicted molar refractivity (Wildman–Crippen MR) is 68.1 cm³/mol. The number of aromatic nitrogens is 2. The second kappa shape index (κ2) is 5.33. The van der Waals surface area contributed by atoms with Crippen molar-refractivity contribution in [2.45, 2.75) is 0 Å². The Hall–Kier alpha value is -1.34. The number of hydrogen-bond acceptors (Lipinski definition) is 5. The third kappa shape index (κ3) is 2.67. The molecule has 0 unspecified atom stereocenters. The van der Waals surface area contributed by atoms with Gasteiger partial charge in [-0.05, 0) is 46.3 Å². The molecule has 0 bridgehead atoms. The highest BCUT2D eigenvalue weighted by Crippen LogP contribution is 2.32. The van der Waals surface area contributed by atoms with Crippen molar-refractivity contribution in [3.63, 3.8) is 0 Å². The minimum Gasteiger partial charge on any atom is -0.493 e. The van der Waals surface area contributed by atoms with Gasteiger partial charge in [0.05, 0.1) is 7.11 Å². The van der Waals surface area contributed by atoms with Crippen molar-refractivity contribution in [2.75, 3.05) is 12.6 Å². The molecule has 0 aliphatic rings. The molecule has 0 atom stereocenters. The van der Waals surface area contributed by atoms with E-state index in [4.69, 9.17) is 26.1 Å². The summed E-state index contributed by atoms with van der Waals surface area (Å²) in [6, 6.07) is 5.37. The molecule has 1 heterocycles. The third-order valence-electron chi connectivity index (χ3n) is 2.06. The van der Waals surface area contributed by atoms with E-state index in [0.29, 0.717) is 22.9 Å². The van der Waals surface area contributed by atoms with Crippen LogP contribution >= 0.6 is 28.1 Å². The Kier molecular flexibility index (Phi) is 3.80. The van der Waals surface area contributed by atoms with E-state index < -0.39 is 0 Å². The van der Waals surface area contributed by atoms with E-state index in [9.17, 15) is 0 Å². The van der Waals surface area contributed by atoms with Gasteiger partial charge in [-0.1, -0.05) is 0 Å². The maximum Gasteiger partial charge on any atom is 0.284 e. The van der Waals surface area contributed by atoms with E-state index in [0.717, 1.165) is 5.56 Å². The molecule has 2 aromatic rings. The number of benzene rings is 1. The zero-order chi connectivity index (χ0) is 12.3. The second-order valence-electron chi connectivity index (χ2n) is 3.04. The van der Waals surface area contributed by atoms with Crippen molar-refractivity contribution < 1.29 is 13.9 Å². The second-order valence-corrected chi connectivity index (χ2v) is 3.87. The van der Waals surface area contributed by atoms with Crippen LogP contribution in [-0.2, 0) is 0 Å². The molecule has 5 nitrogen and oxygen atoms in total. The molecule has 0 aliphatic heterocycles. The predicted octanol–water partition coefficient (Wildman–Crippen LogP) is 3.14. The van der Waals surface area contributed by atoms with Crippen LogP contribution in [0.25, 0.3) is 11.5 Å². The minimum absolute atomic E-state index is 0.236. The maximum absolute atomic E-state index is 5.34. The summed E-state index contributed by atoms with van der Waals surface area (Å²) in [4.78, 5) is 0.236. The molecule has 0 saturated carbocycles. The summed E-state index contributed by atoms with van der Waals surface area (Å²) in [6.07, 6.45) is 0. The Bertz CT molecular complexity index is 567. The highest BCUT2D eigenvalue weighted by atomic mass is 79.9. The number of hydrogen-bond donors (Lipinski definition) is 1. The first-order valence-electron chi connectivity index (χ1n) is 4.67. The summed E-state index contributed by atoms with van der Waals surface area (Å²) < 4.78 is 15.8. The van der Waals surface area contributed by atoms with E-state index >= 15 is 0 Å². The molecular weight excluding hydrogens is 308 g/mol. The Morgan fingerprint density at radius 2 is 2.29 bits per heavy atom. The molecule has 0 spiro atoms. The van der Waals surface area contributed by atoms with E-state index in [1.165, 1.54) is 0 Å². The van der Waals surface area contributed by atoms with Gasteiger partial charge in [0.2, 0.25) is 5.89 Å². The van der Waals surface area contributed by atoms with Gasteiger partial charge in [-0.25, -0.2) is 5.10 Å². The SMILES string of the molecule is COc1cc(-c2n[nH]c(=S)o2)ccc1OCBr. The normalized spacial score (nSPS) is 10.2. The molecule has 0 saturated heterocycles. The summed E-state index contributed by atoms with van der Waals surface area (Å²) in [5.41, 5.74) is 1.15. The number of aromatic amines is 1. The van der Waals surface area contributed by atoms with Gasteiger partial charge in [-0.3, -0.25) is 0 Å². The number of nitrogens with zero attached hydrogens (tertiary/aromatic N) is 1. The van der Waals surface area contributed by atoms with Crippen molar-refractivity contribution in [3.8, 4) is 23.0 Å².